The molecule has 2 aromatic rings. The average Bonchev–Trinajstić information content (AvgIpc) is 2.57. The highest BCUT2D eigenvalue weighted by Gasteiger charge is 2.08. The molecule has 1 aromatic heterocycles. The summed E-state index contributed by atoms with van der Waals surface area (Å²) in [6.07, 6.45) is 2.19. The average molecular weight is 214 g/mol. The topological polar surface area (TPSA) is 8.17 Å². The highest BCUT2D eigenvalue weighted by molar-refractivity contribution is 5.86. The molecule has 0 amide bonds. The molecule has 0 aliphatic heterocycles. The molecule has 0 aliphatic rings. The number of benzene rings is 1. The van der Waals surface area contributed by atoms with Crippen LogP contribution in [0.2, 0.25) is 0 Å². The largest absolute Gasteiger partial charge is 0.321 e. The Balaban J connectivity index is 2.62. The van der Waals surface area contributed by atoms with Gasteiger partial charge >= 0.3 is 0 Å². The normalized spacial score (nSPS) is 11.2. The molecule has 0 atom stereocenters. The van der Waals surface area contributed by atoms with E-state index in [1.807, 2.05) is 6.92 Å². The van der Waals surface area contributed by atoms with Gasteiger partial charge in [-0.1, -0.05) is 24.8 Å². The standard InChI is InChI=1S/C14H18N2/c1-11(2)16-10-12(9-15(3)4)13-7-5-6-8-14(13)16/h5-8,10H,1,9H2,2-4H3. The minimum Gasteiger partial charge on any atom is -0.321 e. The van der Waals surface area contributed by atoms with Gasteiger partial charge in [0.25, 0.3) is 0 Å². The van der Waals surface area contributed by atoms with Crippen LogP contribution in [0.25, 0.3) is 16.6 Å². The summed E-state index contributed by atoms with van der Waals surface area (Å²) >= 11 is 0. The third-order valence-electron chi connectivity index (χ3n) is 2.69. The van der Waals surface area contributed by atoms with Crippen molar-refractivity contribution in [3.8, 4) is 0 Å². The molecule has 0 spiro atoms. The zero-order valence-corrected chi connectivity index (χ0v) is 10.2. The van der Waals surface area contributed by atoms with Crippen molar-refractivity contribution in [3.63, 3.8) is 0 Å². The number of aromatic nitrogens is 1. The number of fused-ring (bicyclic) bond motifs is 1. The van der Waals surface area contributed by atoms with Gasteiger partial charge in [-0.15, -0.1) is 0 Å². The number of nitrogens with zero attached hydrogens (tertiary/aromatic N) is 2. The molecule has 2 rings (SSSR count). The smallest absolute Gasteiger partial charge is 0.0528 e. The summed E-state index contributed by atoms with van der Waals surface area (Å²) in [5, 5.41) is 1.32. The molecule has 0 saturated heterocycles. The lowest BCUT2D eigenvalue weighted by molar-refractivity contribution is 0.404. The molecule has 0 radical (unpaired) electrons. The Kier molecular flexibility index (Phi) is 2.84. The lowest BCUT2D eigenvalue weighted by atomic mass is 10.2. The molecule has 0 N–H and O–H groups in total. The number of hydrogen-bond donors (Lipinski definition) is 0. The maximum atomic E-state index is 4.02. The van der Waals surface area contributed by atoms with Gasteiger partial charge in [0.1, 0.15) is 0 Å². The molecule has 0 fully saturated rings. The first-order valence-electron chi connectivity index (χ1n) is 5.49. The third kappa shape index (κ3) is 1.89. The van der Waals surface area contributed by atoms with Gasteiger partial charge in [0.2, 0.25) is 0 Å². The van der Waals surface area contributed by atoms with Gasteiger partial charge in [0.15, 0.2) is 0 Å². The Morgan fingerprint density at radius 1 is 1.31 bits per heavy atom. The van der Waals surface area contributed by atoms with Gasteiger partial charge < -0.3 is 9.47 Å². The lowest BCUT2D eigenvalue weighted by Crippen LogP contribution is -2.10. The minimum atomic E-state index is 0.959. The van der Waals surface area contributed by atoms with Crippen molar-refractivity contribution < 1.29 is 0 Å². The van der Waals surface area contributed by atoms with Gasteiger partial charge in [-0.25, -0.2) is 0 Å². The lowest BCUT2D eigenvalue weighted by Gasteiger charge is -2.07. The van der Waals surface area contributed by atoms with Crippen molar-refractivity contribution >= 4 is 16.6 Å². The first kappa shape index (κ1) is 11.0. The summed E-state index contributed by atoms with van der Waals surface area (Å²) in [4.78, 5) is 2.19. The van der Waals surface area contributed by atoms with Crippen molar-refractivity contribution in [2.45, 2.75) is 13.5 Å². The van der Waals surface area contributed by atoms with E-state index in [-0.39, 0.29) is 0 Å². The predicted octanol–water partition coefficient (Wildman–Crippen LogP) is 3.19. The zero-order chi connectivity index (χ0) is 11.7. The SMILES string of the molecule is C=C(C)n1cc(CN(C)C)c2ccccc21. The second kappa shape index (κ2) is 4.14. The van der Waals surface area contributed by atoms with Crippen LogP contribution in [-0.2, 0) is 6.54 Å². The predicted molar refractivity (Wildman–Crippen MR) is 70.3 cm³/mol. The molecule has 16 heavy (non-hydrogen) atoms. The molecule has 0 unspecified atom stereocenters. The zero-order valence-electron chi connectivity index (χ0n) is 10.2. The summed E-state index contributed by atoms with van der Waals surface area (Å²) in [7, 11) is 4.18. The molecule has 0 aliphatic carbocycles. The van der Waals surface area contributed by atoms with Crippen LogP contribution < -0.4 is 0 Å². The van der Waals surface area contributed by atoms with E-state index in [2.05, 4.69) is 60.6 Å². The fourth-order valence-electron chi connectivity index (χ4n) is 2.03. The fraction of sp³-hybridized carbons (Fsp3) is 0.286. The van der Waals surface area contributed by atoms with Crippen molar-refractivity contribution in [2.75, 3.05) is 14.1 Å². The third-order valence-corrected chi connectivity index (χ3v) is 2.69. The Morgan fingerprint density at radius 3 is 2.62 bits per heavy atom. The Morgan fingerprint density at radius 2 is 2.00 bits per heavy atom. The van der Waals surface area contributed by atoms with Gasteiger partial charge in [-0.3, -0.25) is 0 Å². The Bertz CT molecular complexity index is 521. The van der Waals surface area contributed by atoms with Crippen LogP contribution in [-0.4, -0.2) is 23.6 Å². The van der Waals surface area contributed by atoms with Gasteiger partial charge in [-0.2, -0.15) is 0 Å². The molecule has 84 valence electrons. The van der Waals surface area contributed by atoms with Crippen molar-refractivity contribution in [1.82, 2.24) is 9.47 Å². The van der Waals surface area contributed by atoms with Crippen LogP contribution >= 0.6 is 0 Å². The van der Waals surface area contributed by atoms with Crippen molar-refractivity contribution in [3.05, 3.63) is 42.6 Å². The molecule has 0 bridgehead atoms. The van der Waals surface area contributed by atoms with E-state index < -0.39 is 0 Å². The molecular weight excluding hydrogens is 196 g/mol. The van der Waals surface area contributed by atoms with Crippen LogP contribution in [0.4, 0.5) is 0 Å². The van der Waals surface area contributed by atoms with E-state index in [0.717, 1.165) is 12.2 Å². The van der Waals surface area contributed by atoms with Gasteiger partial charge in [-0.05, 0) is 32.6 Å². The minimum absolute atomic E-state index is 0.959. The molecule has 1 aromatic carbocycles. The van der Waals surface area contributed by atoms with Crippen LogP contribution in [0.3, 0.4) is 0 Å². The highest BCUT2D eigenvalue weighted by Crippen LogP contribution is 2.24. The summed E-state index contributed by atoms with van der Waals surface area (Å²) in [6.45, 7) is 7.01. The molecule has 2 nitrogen and oxygen atoms in total. The Hall–Kier alpha value is -1.54. The van der Waals surface area contributed by atoms with E-state index in [9.17, 15) is 0 Å². The number of hydrogen-bond acceptors (Lipinski definition) is 1. The second-order valence-corrected chi connectivity index (χ2v) is 4.51. The Labute approximate surface area is 96.8 Å². The second-order valence-electron chi connectivity index (χ2n) is 4.51. The van der Waals surface area contributed by atoms with Crippen molar-refractivity contribution in [2.24, 2.45) is 0 Å². The van der Waals surface area contributed by atoms with E-state index >= 15 is 0 Å². The molecule has 0 saturated carbocycles. The summed E-state index contributed by atoms with van der Waals surface area (Å²) < 4.78 is 2.16. The number of allylic oxidation sites excluding steroid dienone is 1. The first-order valence-corrected chi connectivity index (χ1v) is 5.49. The number of rotatable bonds is 3. The number of para-hydroxylation sites is 1. The van der Waals surface area contributed by atoms with Crippen LogP contribution in [0.1, 0.15) is 12.5 Å². The van der Waals surface area contributed by atoms with E-state index in [4.69, 9.17) is 0 Å². The van der Waals surface area contributed by atoms with Gasteiger partial charge in [0, 0.05) is 23.8 Å². The van der Waals surface area contributed by atoms with E-state index in [0.29, 0.717) is 0 Å². The summed E-state index contributed by atoms with van der Waals surface area (Å²) in [6, 6.07) is 8.47. The maximum Gasteiger partial charge on any atom is 0.0528 e. The fourth-order valence-corrected chi connectivity index (χ4v) is 2.03. The van der Waals surface area contributed by atoms with Crippen LogP contribution in [0.5, 0.6) is 0 Å². The summed E-state index contributed by atoms with van der Waals surface area (Å²) in [5.41, 5.74) is 3.65. The van der Waals surface area contributed by atoms with Crippen molar-refractivity contribution in [1.29, 1.82) is 0 Å². The van der Waals surface area contributed by atoms with E-state index in [1.165, 1.54) is 16.5 Å². The molecular formula is C14H18N2. The van der Waals surface area contributed by atoms with Gasteiger partial charge in [0.05, 0.1) is 5.52 Å². The highest BCUT2D eigenvalue weighted by atomic mass is 15.1. The monoisotopic (exact) mass is 214 g/mol. The quantitative estimate of drug-likeness (QED) is 0.761. The van der Waals surface area contributed by atoms with Crippen LogP contribution in [0, 0.1) is 0 Å². The first-order chi connectivity index (χ1) is 7.59. The van der Waals surface area contributed by atoms with E-state index in [1.54, 1.807) is 0 Å². The van der Waals surface area contributed by atoms with Crippen LogP contribution in [0.15, 0.2) is 37.0 Å². The molecule has 1 heterocycles. The summed E-state index contributed by atoms with van der Waals surface area (Å²) in [5.74, 6) is 0. The molecule has 2 heteroatoms. The maximum absolute atomic E-state index is 4.02.